The number of amides is 3. The first-order valence-corrected chi connectivity index (χ1v) is 8.38. The summed E-state index contributed by atoms with van der Waals surface area (Å²) in [4.78, 5) is 37.3. The third-order valence-electron chi connectivity index (χ3n) is 4.03. The Kier molecular flexibility index (Phi) is 5.95. The maximum absolute atomic E-state index is 11.9. The van der Waals surface area contributed by atoms with Gasteiger partial charge in [0, 0.05) is 30.9 Å². The average molecular weight is 331 g/mol. The van der Waals surface area contributed by atoms with Crippen molar-refractivity contribution in [3.63, 3.8) is 0 Å². The molecule has 0 aromatic heterocycles. The molecular weight excluding hydrogens is 306 g/mol. The van der Waals surface area contributed by atoms with Crippen molar-refractivity contribution in [3.05, 3.63) is 23.8 Å². The number of hydrogen-bond acceptors (Lipinski definition) is 3. The maximum Gasteiger partial charge on any atom is 0.313 e. The van der Waals surface area contributed by atoms with Crippen LogP contribution in [0.25, 0.3) is 0 Å². The Labute approximate surface area is 142 Å². The molecule has 6 heteroatoms. The first-order chi connectivity index (χ1) is 11.4. The van der Waals surface area contributed by atoms with Gasteiger partial charge in [0.05, 0.1) is 0 Å². The van der Waals surface area contributed by atoms with Gasteiger partial charge in [-0.3, -0.25) is 14.4 Å². The molecule has 1 fully saturated rings. The average Bonchev–Trinajstić information content (AvgIpc) is 2.93. The van der Waals surface area contributed by atoms with E-state index in [9.17, 15) is 14.4 Å². The minimum absolute atomic E-state index is 0.124. The summed E-state index contributed by atoms with van der Waals surface area (Å²) in [7, 11) is 0. The fourth-order valence-electron chi connectivity index (χ4n) is 2.68. The number of benzene rings is 1. The van der Waals surface area contributed by atoms with Crippen LogP contribution in [0.15, 0.2) is 18.2 Å². The van der Waals surface area contributed by atoms with Crippen molar-refractivity contribution in [2.45, 2.75) is 40.0 Å². The lowest BCUT2D eigenvalue weighted by Gasteiger charge is -2.19. The minimum Gasteiger partial charge on any atom is -0.348 e. The van der Waals surface area contributed by atoms with E-state index in [0.717, 1.165) is 30.6 Å². The molecule has 6 nitrogen and oxygen atoms in total. The molecule has 0 aliphatic carbocycles. The van der Waals surface area contributed by atoms with Crippen molar-refractivity contribution >= 4 is 29.1 Å². The van der Waals surface area contributed by atoms with Gasteiger partial charge in [-0.25, -0.2) is 0 Å². The van der Waals surface area contributed by atoms with Crippen molar-refractivity contribution in [2.75, 3.05) is 23.3 Å². The van der Waals surface area contributed by atoms with Gasteiger partial charge in [-0.15, -0.1) is 0 Å². The maximum atomic E-state index is 11.9. The third-order valence-corrected chi connectivity index (χ3v) is 4.03. The van der Waals surface area contributed by atoms with Crippen molar-refractivity contribution in [1.29, 1.82) is 0 Å². The minimum atomic E-state index is -0.678. The smallest absolute Gasteiger partial charge is 0.313 e. The zero-order chi connectivity index (χ0) is 17.7. The second kappa shape index (κ2) is 7.95. The lowest BCUT2D eigenvalue weighted by molar-refractivity contribution is -0.136. The molecule has 0 bridgehead atoms. The van der Waals surface area contributed by atoms with Crippen LogP contribution in [-0.4, -0.2) is 30.8 Å². The molecule has 1 aromatic carbocycles. The second-order valence-electron chi connectivity index (χ2n) is 6.54. The van der Waals surface area contributed by atoms with Gasteiger partial charge in [-0.2, -0.15) is 0 Å². The van der Waals surface area contributed by atoms with Gasteiger partial charge >= 0.3 is 11.8 Å². The van der Waals surface area contributed by atoms with Crippen molar-refractivity contribution < 1.29 is 14.4 Å². The molecule has 24 heavy (non-hydrogen) atoms. The highest BCUT2D eigenvalue weighted by Gasteiger charge is 2.23. The van der Waals surface area contributed by atoms with E-state index >= 15 is 0 Å². The SMILES string of the molecule is Cc1cc(NC(=O)C(=O)NCCC(C)C)ccc1N1CCCC1=O. The van der Waals surface area contributed by atoms with Gasteiger partial charge in [0.1, 0.15) is 0 Å². The van der Waals surface area contributed by atoms with E-state index in [2.05, 4.69) is 24.5 Å². The van der Waals surface area contributed by atoms with E-state index in [1.165, 1.54) is 0 Å². The largest absolute Gasteiger partial charge is 0.348 e. The van der Waals surface area contributed by atoms with Gasteiger partial charge < -0.3 is 15.5 Å². The van der Waals surface area contributed by atoms with Crippen LogP contribution in [0.5, 0.6) is 0 Å². The predicted molar refractivity (Wildman–Crippen MR) is 93.9 cm³/mol. The Bertz CT molecular complexity index is 640. The van der Waals surface area contributed by atoms with Crippen molar-refractivity contribution in [2.24, 2.45) is 5.92 Å². The molecule has 1 saturated heterocycles. The summed E-state index contributed by atoms with van der Waals surface area (Å²) in [5.41, 5.74) is 2.30. The van der Waals surface area contributed by atoms with Crippen LogP contribution in [0.1, 0.15) is 38.7 Å². The Hall–Kier alpha value is -2.37. The number of nitrogens with one attached hydrogen (secondary N) is 2. The number of nitrogens with zero attached hydrogens (tertiary/aromatic N) is 1. The monoisotopic (exact) mass is 331 g/mol. The third kappa shape index (κ3) is 4.57. The van der Waals surface area contributed by atoms with Crippen LogP contribution in [0.4, 0.5) is 11.4 Å². The fourth-order valence-corrected chi connectivity index (χ4v) is 2.68. The summed E-state index contributed by atoms with van der Waals surface area (Å²) in [6.45, 7) is 7.21. The zero-order valence-corrected chi connectivity index (χ0v) is 14.5. The summed E-state index contributed by atoms with van der Waals surface area (Å²) >= 11 is 0. The molecule has 2 N–H and O–H groups in total. The van der Waals surface area contributed by atoms with Gasteiger partial charge in [-0.05, 0) is 49.4 Å². The predicted octanol–water partition coefficient (Wildman–Crippen LogP) is 2.22. The van der Waals surface area contributed by atoms with E-state index in [-0.39, 0.29) is 5.91 Å². The lowest BCUT2D eigenvalue weighted by atomic mass is 10.1. The van der Waals surface area contributed by atoms with Crippen LogP contribution in [0.2, 0.25) is 0 Å². The second-order valence-corrected chi connectivity index (χ2v) is 6.54. The van der Waals surface area contributed by atoms with Crippen LogP contribution in [-0.2, 0) is 14.4 Å². The first-order valence-electron chi connectivity index (χ1n) is 8.38. The van der Waals surface area contributed by atoms with Crippen LogP contribution in [0, 0.1) is 12.8 Å². The number of carbonyl (C=O) groups is 3. The Balaban J connectivity index is 1.95. The van der Waals surface area contributed by atoms with Crippen LogP contribution >= 0.6 is 0 Å². The van der Waals surface area contributed by atoms with E-state index in [1.807, 2.05) is 13.0 Å². The number of carbonyl (C=O) groups excluding carboxylic acids is 3. The molecule has 0 unspecified atom stereocenters. The topological polar surface area (TPSA) is 78.5 Å². The van der Waals surface area contributed by atoms with E-state index in [4.69, 9.17) is 0 Å². The van der Waals surface area contributed by atoms with Gasteiger partial charge in [-0.1, -0.05) is 13.8 Å². The molecule has 1 aliphatic rings. The molecule has 0 atom stereocenters. The Morgan fingerprint density at radius 3 is 2.58 bits per heavy atom. The van der Waals surface area contributed by atoms with E-state index < -0.39 is 11.8 Å². The summed E-state index contributed by atoms with van der Waals surface area (Å²) in [5, 5.41) is 5.20. The van der Waals surface area contributed by atoms with Crippen LogP contribution < -0.4 is 15.5 Å². The molecule has 3 amide bonds. The molecule has 1 aromatic rings. The first kappa shape index (κ1) is 18.0. The quantitative estimate of drug-likeness (QED) is 0.812. The summed E-state index contributed by atoms with van der Waals surface area (Å²) in [6, 6.07) is 5.30. The van der Waals surface area contributed by atoms with E-state index in [1.54, 1.807) is 17.0 Å². The zero-order valence-electron chi connectivity index (χ0n) is 14.5. The molecule has 130 valence electrons. The number of hydrogen-bond donors (Lipinski definition) is 2. The van der Waals surface area contributed by atoms with Gasteiger partial charge in [0.15, 0.2) is 0 Å². The lowest BCUT2D eigenvalue weighted by Crippen LogP contribution is -2.36. The standard InChI is InChI=1S/C18H25N3O3/c1-12(2)8-9-19-17(23)18(24)20-14-6-7-15(13(3)11-14)21-10-4-5-16(21)22/h6-7,11-12H,4-5,8-10H2,1-3H3,(H,19,23)(H,20,24). The highest BCUT2D eigenvalue weighted by Crippen LogP contribution is 2.27. The van der Waals surface area contributed by atoms with Gasteiger partial charge in [0.25, 0.3) is 0 Å². The fraction of sp³-hybridized carbons (Fsp3) is 0.500. The Morgan fingerprint density at radius 2 is 2.00 bits per heavy atom. The highest BCUT2D eigenvalue weighted by molar-refractivity contribution is 6.39. The Morgan fingerprint density at radius 1 is 1.25 bits per heavy atom. The molecule has 0 radical (unpaired) electrons. The molecular formula is C18H25N3O3. The van der Waals surface area contributed by atoms with E-state index in [0.29, 0.717) is 24.6 Å². The van der Waals surface area contributed by atoms with Gasteiger partial charge in [0.2, 0.25) is 5.91 Å². The van der Waals surface area contributed by atoms with Crippen molar-refractivity contribution in [1.82, 2.24) is 5.32 Å². The molecule has 1 heterocycles. The summed E-state index contributed by atoms with van der Waals surface area (Å²) < 4.78 is 0. The molecule has 0 saturated carbocycles. The summed E-state index contributed by atoms with van der Waals surface area (Å²) in [6.07, 6.45) is 2.28. The number of rotatable bonds is 5. The van der Waals surface area contributed by atoms with Crippen molar-refractivity contribution in [3.8, 4) is 0 Å². The normalized spacial score (nSPS) is 14.2. The highest BCUT2D eigenvalue weighted by atomic mass is 16.2. The number of anilines is 2. The molecule has 0 spiro atoms. The van der Waals surface area contributed by atoms with Crippen LogP contribution in [0.3, 0.4) is 0 Å². The molecule has 2 rings (SSSR count). The number of aryl methyl sites for hydroxylation is 1. The summed E-state index contributed by atoms with van der Waals surface area (Å²) in [5.74, 6) is -0.716. The molecule has 1 aliphatic heterocycles.